The van der Waals surface area contributed by atoms with E-state index >= 15 is 0 Å². The van der Waals surface area contributed by atoms with Crippen molar-refractivity contribution in [2.24, 2.45) is 45.8 Å². The van der Waals surface area contributed by atoms with Crippen molar-refractivity contribution >= 4 is 0 Å². The van der Waals surface area contributed by atoms with E-state index in [0.717, 1.165) is 62.3 Å². The molecule has 1 aliphatic heterocycles. The highest BCUT2D eigenvalue weighted by Crippen LogP contribution is 2.67. The lowest BCUT2D eigenvalue weighted by Crippen LogP contribution is -2.51. The highest BCUT2D eigenvalue weighted by Gasteiger charge is 2.59. The molecule has 0 amide bonds. The second-order valence-corrected chi connectivity index (χ2v) is 14.8. The van der Waals surface area contributed by atoms with E-state index in [9.17, 15) is 5.11 Å². The molecule has 0 aromatic rings. The van der Waals surface area contributed by atoms with Crippen LogP contribution in [-0.4, -0.2) is 36.6 Å². The Hall–Kier alpha value is -0.380. The fraction of sp³-hybridized carbons (Fsp3) is 0.939. The first-order valence-electron chi connectivity index (χ1n) is 15.5. The van der Waals surface area contributed by atoms with Gasteiger partial charge in [0.05, 0.1) is 31.5 Å². The van der Waals surface area contributed by atoms with Gasteiger partial charge in [0.2, 0.25) is 0 Å². The van der Waals surface area contributed by atoms with Crippen LogP contribution in [-0.2, 0) is 9.47 Å². The summed E-state index contributed by atoms with van der Waals surface area (Å²) in [6.45, 7) is 20.6. The first kappa shape index (κ1) is 28.6. The Morgan fingerprint density at radius 1 is 1.06 bits per heavy atom. The highest BCUT2D eigenvalue weighted by atomic mass is 16.5. The number of rotatable bonds is 7. The molecular formula is C33H58O3. The Labute approximate surface area is 223 Å². The van der Waals surface area contributed by atoms with E-state index in [2.05, 4.69) is 33.8 Å². The SMILES string of the molecule is CC.C[C@H](CCC(C)(C)O)C1CCC2C3CC=C4CC(OCC5(C)COC5)CCC4(C)C3CCC21C. The number of hydrogen-bond donors (Lipinski definition) is 1. The van der Waals surface area contributed by atoms with E-state index in [1.165, 1.54) is 51.4 Å². The molecule has 3 heteroatoms. The summed E-state index contributed by atoms with van der Waals surface area (Å²) < 4.78 is 11.9. The molecular weight excluding hydrogens is 444 g/mol. The molecule has 7 unspecified atom stereocenters. The van der Waals surface area contributed by atoms with Crippen LogP contribution in [0.5, 0.6) is 0 Å². The minimum absolute atomic E-state index is 0.254. The van der Waals surface area contributed by atoms with Crippen LogP contribution in [0, 0.1) is 45.8 Å². The third-order valence-corrected chi connectivity index (χ3v) is 11.6. The lowest BCUT2D eigenvalue weighted by Gasteiger charge is -2.58. The molecule has 4 fully saturated rings. The smallest absolute Gasteiger partial charge is 0.0613 e. The van der Waals surface area contributed by atoms with Gasteiger partial charge in [-0.1, -0.05) is 53.2 Å². The van der Waals surface area contributed by atoms with Gasteiger partial charge in [-0.2, -0.15) is 0 Å². The Balaban J connectivity index is 0.00000148. The molecule has 1 saturated heterocycles. The molecule has 0 spiro atoms. The number of fused-ring (bicyclic) bond motifs is 5. The topological polar surface area (TPSA) is 38.7 Å². The molecule has 4 aliphatic carbocycles. The van der Waals surface area contributed by atoms with Crippen LogP contribution < -0.4 is 0 Å². The quantitative estimate of drug-likeness (QED) is 0.357. The molecule has 36 heavy (non-hydrogen) atoms. The highest BCUT2D eigenvalue weighted by molar-refractivity contribution is 5.25. The molecule has 1 heterocycles. The van der Waals surface area contributed by atoms with Crippen molar-refractivity contribution in [3.05, 3.63) is 11.6 Å². The maximum absolute atomic E-state index is 10.3. The average molecular weight is 503 g/mol. The van der Waals surface area contributed by atoms with E-state index in [-0.39, 0.29) is 5.41 Å². The van der Waals surface area contributed by atoms with Gasteiger partial charge in [0.1, 0.15) is 0 Å². The van der Waals surface area contributed by atoms with Crippen molar-refractivity contribution in [1.82, 2.24) is 0 Å². The third-order valence-electron chi connectivity index (χ3n) is 11.6. The molecule has 3 nitrogen and oxygen atoms in total. The largest absolute Gasteiger partial charge is 0.390 e. The van der Waals surface area contributed by atoms with Crippen LogP contribution >= 0.6 is 0 Å². The summed E-state index contributed by atoms with van der Waals surface area (Å²) in [5.74, 6) is 4.19. The number of ether oxygens (including phenoxy) is 2. The number of allylic oxidation sites excluding steroid dienone is 1. The molecule has 1 N–H and O–H groups in total. The van der Waals surface area contributed by atoms with E-state index < -0.39 is 5.60 Å². The molecule has 0 aromatic heterocycles. The normalized spacial score (nSPS) is 42.0. The van der Waals surface area contributed by atoms with Crippen molar-refractivity contribution in [3.8, 4) is 0 Å². The summed E-state index contributed by atoms with van der Waals surface area (Å²) in [4.78, 5) is 0. The summed E-state index contributed by atoms with van der Waals surface area (Å²) in [6.07, 6.45) is 15.9. The second-order valence-electron chi connectivity index (χ2n) is 14.8. The Kier molecular flexibility index (Phi) is 8.47. The molecule has 0 bridgehead atoms. The van der Waals surface area contributed by atoms with Crippen LogP contribution in [0.3, 0.4) is 0 Å². The van der Waals surface area contributed by atoms with Gasteiger partial charge in [-0.15, -0.1) is 0 Å². The maximum Gasteiger partial charge on any atom is 0.0613 e. The van der Waals surface area contributed by atoms with Crippen molar-refractivity contribution < 1.29 is 14.6 Å². The van der Waals surface area contributed by atoms with Gasteiger partial charge in [-0.25, -0.2) is 0 Å². The van der Waals surface area contributed by atoms with Gasteiger partial charge in [0, 0.05) is 5.41 Å². The zero-order chi connectivity index (χ0) is 26.4. The lowest BCUT2D eigenvalue weighted by molar-refractivity contribution is -0.153. The van der Waals surface area contributed by atoms with Gasteiger partial charge in [0.15, 0.2) is 0 Å². The van der Waals surface area contributed by atoms with Crippen molar-refractivity contribution in [2.45, 2.75) is 131 Å². The van der Waals surface area contributed by atoms with E-state index in [0.29, 0.717) is 16.9 Å². The van der Waals surface area contributed by atoms with Gasteiger partial charge < -0.3 is 14.6 Å². The van der Waals surface area contributed by atoms with E-state index in [1.54, 1.807) is 5.57 Å². The fourth-order valence-corrected chi connectivity index (χ4v) is 9.38. The zero-order valence-corrected chi connectivity index (χ0v) is 25.0. The molecule has 8 atom stereocenters. The predicted molar refractivity (Wildman–Crippen MR) is 150 cm³/mol. The summed E-state index contributed by atoms with van der Waals surface area (Å²) in [5, 5.41) is 10.3. The van der Waals surface area contributed by atoms with Crippen molar-refractivity contribution in [3.63, 3.8) is 0 Å². The minimum atomic E-state index is -0.532. The minimum Gasteiger partial charge on any atom is -0.390 e. The summed E-state index contributed by atoms with van der Waals surface area (Å²) in [5.41, 5.74) is 2.36. The van der Waals surface area contributed by atoms with Crippen LogP contribution in [0.4, 0.5) is 0 Å². The standard InChI is InChI=1S/C31H52O3.C2H6/c1-21(11-14-28(2,3)32)25-9-10-26-24-8-7-22-17-23(34-20-29(4)18-33-19-29)12-15-30(22,5)27(24)13-16-31(25,26)6;1-2/h7,21,23-27,32H,8-20H2,1-6H3;1-2H3/t21-,23?,24?,25?,26?,27?,30?,31?;/m1./s1. The lowest BCUT2D eigenvalue weighted by atomic mass is 9.47. The third kappa shape index (κ3) is 5.37. The van der Waals surface area contributed by atoms with Gasteiger partial charge in [-0.05, 0) is 118 Å². The molecule has 5 rings (SSSR count). The Morgan fingerprint density at radius 2 is 1.78 bits per heavy atom. The molecule has 0 radical (unpaired) electrons. The number of hydrogen-bond acceptors (Lipinski definition) is 3. The summed E-state index contributed by atoms with van der Waals surface area (Å²) >= 11 is 0. The van der Waals surface area contributed by atoms with Crippen LogP contribution in [0.1, 0.15) is 120 Å². The van der Waals surface area contributed by atoms with Crippen molar-refractivity contribution in [1.29, 1.82) is 0 Å². The van der Waals surface area contributed by atoms with Crippen molar-refractivity contribution in [2.75, 3.05) is 19.8 Å². The molecule has 3 saturated carbocycles. The van der Waals surface area contributed by atoms with Crippen LogP contribution in [0.15, 0.2) is 11.6 Å². The van der Waals surface area contributed by atoms with Gasteiger partial charge in [0.25, 0.3) is 0 Å². The maximum atomic E-state index is 10.3. The zero-order valence-electron chi connectivity index (χ0n) is 25.0. The average Bonchev–Trinajstić information content (AvgIpc) is 3.18. The van der Waals surface area contributed by atoms with Crippen LogP contribution in [0.2, 0.25) is 0 Å². The summed E-state index contributed by atoms with van der Waals surface area (Å²) in [6, 6.07) is 0. The fourth-order valence-electron chi connectivity index (χ4n) is 9.38. The Morgan fingerprint density at radius 3 is 2.42 bits per heavy atom. The van der Waals surface area contributed by atoms with Gasteiger partial charge in [-0.3, -0.25) is 0 Å². The second kappa shape index (κ2) is 10.6. The molecule has 0 aromatic carbocycles. The van der Waals surface area contributed by atoms with E-state index in [4.69, 9.17) is 9.47 Å². The van der Waals surface area contributed by atoms with E-state index in [1.807, 2.05) is 27.7 Å². The summed E-state index contributed by atoms with van der Waals surface area (Å²) in [7, 11) is 0. The first-order valence-corrected chi connectivity index (χ1v) is 15.5. The van der Waals surface area contributed by atoms with Crippen LogP contribution in [0.25, 0.3) is 0 Å². The first-order chi connectivity index (χ1) is 16.9. The Bertz CT molecular complexity index is 776. The van der Waals surface area contributed by atoms with Gasteiger partial charge >= 0.3 is 0 Å². The monoisotopic (exact) mass is 502 g/mol. The molecule has 208 valence electrons. The predicted octanol–water partition coefficient (Wildman–Crippen LogP) is 8.20. The number of aliphatic hydroxyl groups is 1. The molecule has 5 aliphatic rings.